The molecule has 0 aliphatic carbocycles. The fraction of sp³-hybridized carbons (Fsp3) is 0.500. The molecule has 1 atom stereocenters. The average Bonchev–Trinajstić information content (AvgIpc) is 3.17. The average molecular weight is 470 g/mol. The van der Waals surface area contributed by atoms with Gasteiger partial charge in [-0.2, -0.15) is 5.10 Å². The van der Waals surface area contributed by atoms with Crippen molar-refractivity contribution in [2.45, 2.75) is 39.8 Å². The Labute approximate surface area is 171 Å². The van der Waals surface area contributed by atoms with E-state index in [9.17, 15) is 5.11 Å². The number of β-amino-alcohol motifs (C(OH)–C–C–N with tert-alkyl or cyclic N) is 1. The summed E-state index contributed by atoms with van der Waals surface area (Å²) in [6.45, 7) is 8.88. The minimum absolute atomic E-state index is 0. The van der Waals surface area contributed by atoms with Gasteiger partial charge in [0, 0.05) is 31.5 Å². The molecule has 3 heterocycles. The summed E-state index contributed by atoms with van der Waals surface area (Å²) in [7, 11) is 0. The van der Waals surface area contributed by atoms with E-state index in [4.69, 9.17) is 0 Å². The van der Waals surface area contributed by atoms with Crippen LogP contribution in [0.2, 0.25) is 0 Å². The Hall–Kier alpha value is -1.68. The number of rotatable bonds is 4. The summed E-state index contributed by atoms with van der Waals surface area (Å²) < 4.78 is 1.85. The van der Waals surface area contributed by atoms with Gasteiger partial charge in [-0.3, -0.25) is 0 Å². The smallest absolute Gasteiger partial charge is 0.194 e. The molecule has 2 aromatic heterocycles. The van der Waals surface area contributed by atoms with E-state index in [2.05, 4.69) is 25.3 Å². The molecule has 1 aliphatic heterocycles. The van der Waals surface area contributed by atoms with Crippen molar-refractivity contribution < 1.29 is 5.11 Å². The third-order valence-corrected chi connectivity index (χ3v) is 4.24. The van der Waals surface area contributed by atoms with Crippen LogP contribution in [0.15, 0.2) is 29.4 Å². The van der Waals surface area contributed by atoms with Crippen molar-refractivity contribution in [3.63, 3.8) is 0 Å². The Morgan fingerprint density at radius 1 is 1.38 bits per heavy atom. The molecule has 26 heavy (non-hydrogen) atoms. The maximum Gasteiger partial charge on any atom is 0.194 e. The Morgan fingerprint density at radius 3 is 2.73 bits per heavy atom. The molecule has 7 nitrogen and oxygen atoms in total. The summed E-state index contributed by atoms with van der Waals surface area (Å²) in [5.74, 6) is 1.66. The molecule has 0 aromatic carbocycles. The molecule has 0 bridgehead atoms. The zero-order valence-electron chi connectivity index (χ0n) is 15.5. The molecule has 0 amide bonds. The predicted molar refractivity (Wildman–Crippen MR) is 113 cm³/mol. The monoisotopic (exact) mass is 470 g/mol. The van der Waals surface area contributed by atoms with E-state index in [1.165, 1.54) is 0 Å². The second-order valence-electron chi connectivity index (χ2n) is 6.42. The van der Waals surface area contributed by atoms with Gasteiger partial charge in [-0.1, -0.05) is 6.07 Å². The van der Waals surface area contributed by atoms with Gasteiger partial charge in [-0.25, -0.2) is 14.7 Å². The first-order valence-corrected chi connectivity index (χ1v) is 8.76. The lowest BCUT2D eigenvalue weighted by Crippen LogP contribution is -2.40. The maximum atomic E-state index is 9.72. The van der Waals surface area contributed by atoms with Gasteiger partial charge in [0.25, 0.3) is 0 Å². The van der Waals surface area contributed by atoms with Crippen LogP contribution >= 0.6 is 24.0 Å². The fourth-order valence-corrected chi connectivity index (χ4v) is 3.02. The van der Waals surface area contributed by atoms with Gasteiger partial charge in [0.15, 0.2) is 11.8 Å². The van der Waals surface area contributed by atoms with E-state index in [-0.39, 0.29) is 30.1 Å². The van der Waals surface area contributed by atoms with E-state index in [1.54, 1.807) is 0 Å². The van der Waals surface area contributed by atoms with Gasteiger partial charge in [-0.05, 0) is 44.9 Å². The Bertz CT molecular complexity index is 743. The number of nitrogens with zero attached hydrogens (tertiary/aromatic N) is 5. The highest BCUT2D eigenvalue weighted by Crippen LogP contribution is 2.12. The number of pyridine rings is 1. The van der Waals surface area contributed by atoms with E-state index < -0.39 is 0 Å². The quantitative estimate of drug-likeness (QED) is 0.406. The van der Waals surface area contributed by atoms with Crippen LogP contribution in [0.25, 0.3) is 5.82 Å². The normalized spacial score (nSPS) is 17.3. The molecular weight excluding hydrogens is 443 g/mol. The first-order valence-electron chi connectivity index (χ1n) is 8.76. The molecule has 1 saturated heterocycles. The van der Waals surface area contributed by atoms with E-state index in [0.717, 1.165) is 48.2 Å². The fourth-order valence-electron chi connectivity index (χ4n) is 3.02. The lowest BCUT2D eigenvalue weighted by Gasteiger charge is -2.20. The molecule has 3 rings (SSSR count). The molecule has 2 N–H and O–H groups in total. The maximum absolute atomic E-state index is 9.72. The molecule has 2 aromatic rings. The van der Waals surface area contributed by atoms with Gasteiger partial charge in [-0.15, -0.1) is 24.0 Å². The number of nitrogens with one attached hydrogen (secondary N) is 1. The number of aliphatic hydroxyl groups is 1. The predicted octanol–water partition coefficient (Wildman–Crippen LogP) is 2.03. The highest BCUT2D eigenvalue weighted by atomic mass is 127. The topological polar surface area (TPSA) is 78.6 Å². The first-order chi connectivity index (χ1) is 12.1. The first kappa shape index (κ1) is 20.6. The van der Waals surface area contributed by atoms with Crippen molar-refractivity contribution in [3.8, 4) is 5.82 Å². The number of aromatic nitrogens is 3. The van der Waals surface area contributed by atoms with Gasteiger partial charge < -0.3 is 15.3 Å². The lowest BCUT2D eigenvalue weighted by atomic mass is 10.3. The van der Waals surface area contributed by atoms with E-state index in [1.807, 2.05) is 49.8 Å². The molecule has 0 unspecified atom stereocenters. The van der Waals surface area contributed by atoms with Gasteiger partial charge in [0.1, 0.15) is 0 Å². The number of guanidine groups is 1. The zero-order valence-corrected chi connectivity index (χ0v) is 17.8. The lowest BCUT2D eigenvalue weighted by molar-refractivity contribution is 0.188. The van der Waals surface area contributed by atoms with Gasteiger partial charge in [0.2, 0.25) is 0 Å². The van der Waals surface area contributed by atoms with Crippen molar-refractivity contribution in [2.75, 3.05) is 19.6 Å². The number of halogens is 1. The summed E-state index contributed by atoms with van der Waals surface area (Å²) in [6, 6.07) is 6.04. The summed E-state index contributed by atoms with van der Waals surface area (Å²) in [5, 5.41) is 17.5. The third-order valence-electron chi connectivity index (χ3n) is 4.24. The molecule has 142 valence electrons. The molecule has 1 fully saturated rings. The van der Waals surface area contributed by atoms with Crippen LogP contribution in [0.1, 0.15) is 30.3 Å². The third kappa shape index (κ3) is 4.94. The standard InChI is InChI=1S/C18H26N6O.HI/c1-4-19-18(23-8-7-16(25)12-23)21-11-15-5-6-17(20-10-15)24-14(3)9-13(2)22-24;/h5-6,9-10,16,25H,4,7-8,11-12H2,1-3H3,(H,19,21);1H/t16-;/m1./s1. The summed E-state index contributed by atoms with van der Waals surface area (Å²) in [5.41, 5.74) is 3.09. The molecule has 8 heteroatoms. The van der Waals surface area contributed by atoms with Crippen LogP contribution in [0.3, 0.4) is 0 Å². The number of hydrogen-bond donors (Lipinski definition) is 2. The Kier molecular flexibility index (Phi) is 7.39. The molecule has 0 radical (unpaired) electrons. The van der Waals surface area contributed by atoms with Crippen LogP contribution in [0, 0.1) is 13.8 Å². The van der Waals surface area contributed by atoms with Gasteiger partial charge in [0.05, 0.1) is 18.3 Å². The molecular formula is C18H27IN6O. The number of aliphatic imine (C=N–C) groups is 1. The molecule has 1 aliphatic rings. The van der Waals surface area contributed by atoms with Crippen LogP contribution in [0.4, 0.5) is 0 Å². The summed E-state index contributed by atoms with van der Waals surface area (Å²) in [6.07, 6.45) is 2.38. The Balaban J connectivity index is 0.00000243. The van der Waals surface area contributed by atoms with Crippen molar-refractivity contribution in [3.05, 3.63) is 41.3 Å². The van der Waals surface area contributed by atoms with Crippen LogP contribution in [-0.2, 0) is 6.54 Å². The SMILES string of the molecule is CCNC(=NCc1ccc(-n2nc(C)cc2C)nc1)N1CC[C@@H](O)C1.I. The highest BCUT2D eigenvalue weighted by Gasteiger charge is 2.22. The van der Waals surface area contributed by atoms with Crippen molar-refractivity contribution in [1.29, 1.82) is 0 Å². The van der Waals surface area contributed by atoms with Crippen molar-refractivity contribution in [2.24, 2.45) is 4.99 Å². The van der Waals surface area contributed by atoms with E-state index in [0.29, 0.717) is 13.1 Å². The largest absolute Gasteiger partial charge is 0.391 e. The van der Waals surface area contributed by atoms with Crippen LogP contribution in [0.5, 0.6) is 0 Å². The second-order valence-corrected chi connectivity index (χ2v) is 6.42. The van der Waals surface area contributed by atoms with Gasteiger partial charge >= 0.3 is 0 Å². The molecule has 0 spiro atoms. The van der Waals surface area contributed by atoms with E-state index >= 15 is 0 Å². The van der Waals surface area contributed by atoms with Crippen LogP contribution < -0.4 is 5.32 Å². The number of aryl methyl sites for hydroxylation is 2. The second kappa shape index (κ2) is 9.31. The number of likely N-dealkylation sites (tertiary alicyclic amines) is 1. The highest BCUT2D eigenvalue weighted by molar-refractivity contribution is 14.0. The van der Waals surface area contributed by atoms with Crippen molar-refractivity contribution >= 4 is 29.9 Å². The summed E-state index contributed by atoms with van der Waals surface area (Å²) in [4.78, 5) is 11.3. The number of aliphatic hydroxyl groups excluding tert-OH is 1. The Morgan fingerprint density at radius 2 is 2.19 bits per heavy atom. The zero-order chi connectivity index (χ0) is 17.8. The summed E-state index contributed by atoms with van der Waals surface area (Å²) >= 11 is 0. The number of hydrogen-bond acceptors (Lipinski definition) is 4. The van der Waals surface area contributed by atoms with Crippen molar-refractivity contribution in [1.82, 2.24) is 25.0 Å². The minimum atomic E-state index is -0.259. The minimum Gasteiger partial charge on any atom is -0.391 e. The molecule has 0 saturated carbocycles. The van der Waals surface area contributed by atoms with Crippen LogP contribution in [-0.4, -0.2) is 56.5 Å².